The lowest BCUT2D eigenvalue weighted by molar-refractivity contribution is 0.277. The van der Waals surface area contributed by atoms with E-state index in [0.29, 0.717) is 11.8 Å². The number of thiophene rings is 2. The molecule has 1 aromatic carbocycles. The summed E-state index contributed by atoms with van der Waals surface area (Å²) in [5.74, 6) is 4.98. The summed E-state index contributed by atoms with van der Waals surface area (Å²) in [6, 6.07) is 4.41. The second-order valence-corrected chi connectivity index (χ2v) is 16.2. The fraction of sp³-hybridized carbons (Fsp3) is 0.667. The summed E-state index contributed by atoms with van der Waals surface area (Å²) in [6.45, 7) is 15.5. The van der Waals surface area contributed by atoms with Gasteiger partial charge in [0.15, 0.2) is 0 Å². The molecule has 0 radical (unpaired) electrons. The minimum Gasteiger partial charge on any atom is -0.491 e. The number of halogens is 2. The number of ether oxygens (including phenoxy) is 2. The summed E-state index contributed by atoms with van der Waals surface area (Å²) in [4.78, 5) is 0. The molecule has 0 aliphatic carbocycles. The molecule has 3 aromatic rings. The maximum atomic E-state index is 6.54. The highest BCUT2D eigenvalue weighted by Gasteiger charge is 2.21. The number of hydrogen-bond donors (Lipinski definition) is 0. The van der Waals surface area contributed by atoms with Crippen molar-refractivity contribution in [1.82, 2.24) is 0 Å². The summed E-state index contributed by atoms with van der Waals surface area (Å²) in [7, 11) is 0. The molecular weight excluding hydrogens is 616 g/mol. The molecule has 0 N–H and O–H groups in total. The van der Waals surface area contributed by atoms with E-state index in [9.17, 15) is 0 Å². The van der Waals surface area contributed by atoms with Crippen molar-refractivity contribution in [3.63, 3.8) is 0 Å². The fourth-order valence-electron chi connectivity index (χ4n) is 4.69. The average molecular weight is 661 g/mol. The summed E-state index contributed by atoms with van der Waals surface area (Å²) in [5.41, 5.74) is 0. The minimum atomic E-state index is 0.684. The molecule has 0 aliphatic rings. The van der Waals surface area contributed by atoms with Crippen molar-refractivity contribution in [2.75, 3.05) is 13.2 Å². The van der Waals surface area contributed by atoms with Crippen LogP contribution in [0.4, 0.5) is 0 Å². The Morgan fingerprint density at radius 1 is 0.611 bits per heavy atom. The molecule has 0 aliphatic heterocycles. The zero-order valence-corrected chi connectivity index (χ0v) is 27.7. The van der Waals surface area contributed by atoms with E-state index in [4.69, 9.17) is 9.47 Å². The topological polar surface area (TPSA) is 18.5 Å². The standard InChI is InChI=1S/C30H44Br2O2S2/c1-19(2)9-7-11-21(5)13-15-33-27-23-17-25(31)36-30(23)28(24-18-26(32)35-29(24)27)34-16-14-22(6)12-8-10-20(3)4/h17-22H,7-16H2,1-6H3. The van der Waals surface area contributed by atoms with Crippen molar-refractivity contribution >= 4 is 74.7 Å². The van der Waals surface area contributed by atoms with Gasteiger partial charge in [-0.1, -0.05) is 80.1 Å². The van der Waals surface area contributed by atoms with Crippen molar-refractivity contribution in [1.29, 1.82) is 0 Å². The average Bonchev–Trinajstić information content (AvgIpc) is 3.36. The first-order valence-electron chi connectivity index (χ1n) is 13.7. The van der Waals surface area contributed by atoms with Crippen LogP contribution in [-0.2, 0) is 0 Å². The smallest absolute Gasteiger partial charge is 0.146 e. The monoisotopic (exact) mass is 658 g/mol. The third-order valence-corrected chi connectivity index (χ3v) is 10.3. The molecule has 0 amide bonds. The van der Waals surface area contributed by atoms with Crippen LogP contribution < -0.4 is 9.47 Å². The molecule has 2 atom stereocenters. The first-order valence-corrected chi connectivity index (χ1v) is 17.0. The minimum absolute atomic E-state index is 0.684. The second-order valence-electron chi connectivity index (χ2n) is 11.4. The van der Waals surface area contributed by atoms with Gasteiger partial charge in [0.1, 0.15) is 11.5 Å². The first-order chi connectivity index (χ1) is 17.2. The van der Waals surface area contributed by atoms with Crippen molar-refractivity contribution in [3.05, 3.63) is 19.7 Å². The van der Waals surface area contributed by atoms with Gasteiger partial charge in [-0.15, -0.1) is 22.7 Å². The van der Waals surface area contributed by atoms with Gasteiger partial charge in [0, 0.05) is 10.8 Å². The molecule has 2 unspecified atom stereocenters. The van der Waals surface area contributed by atoms with Gasteiger partial charge in [0.2, 0.25) is 0 Å². The number of benzene rings is 1. The quantitative estimate of drug-likeness (QED) is 0.152. The van der Waals surface area contributed by atoms with E-state index in [0.717, 1.165) is 57.0 Å². The Hall–Kier alpha value is -0.300. The zero-order chi connectivity index (χ0) is 26.2. The number of rotatable bonds is 16. The summed E-state index contributed by atoms with van der Waals surface area (Å²) in [5, 5.41) is 2.34. The lowest BCUT2D eigenvalue weighted by atomic mass is 9.97. The van der Waals surface area contributed by atoms with Crippen LogP contribution in [-0.4, -0.2) is 13.2 Å². The third-order valence-electron chi connectivity index (χ3n) is 6.98. The highest BCUT2D eigenvalue weighted by Crippen LogP contribution is 2.51. The van der Waals surface area contributed by atoms with Crippen LogP contribution in [0.2, 0.25) is 0 Å². The lowest BCUT2D eigenvalue weighted by Gasteiger charge is -2.17. The van der Waals surface area contributed by atoms with Crippen LogP contribution >= 0.6 is 54.5 Å². The molecule has 36 heavy (non-hydrogen) atoms. The van der Waals surface area contributed by atoms with Crippen LogP contribution in [0.1, 0.15) is 92.9 Å². The Morgan fingerprint density at radius 3 is 1.36 bits per heavy atom. The van der Waals surface area contributed by atoms with E-state index >= 15 is 0 Å². The SMILES string of the molecule is CC(C)CCCC(C)CCOc1c2cc(Br)sc2c(OCCC(C)CCCC(C)C)c2cc(Br)sc12. The number of hydrogen-bond acceptors (Lipinski definition) is 4. The van der Waals surface area contributed by atoms with Crippen molar-refractivity contribution in [2.24, 2.45) is 23.7 Å². The Morgan fingerprint density at radius 2 is 1.00 bits per heavy atom. The zero-order valence-electron chi connectivity index (χ0n) is 22.9. The van der Waals surface area contributed by atoms with E-state index in [1.54, 1.807) is 22.7 Å². The molecule has 3 rings (SSSR count). The van der Waals surface area contributed by atoms with E-state index in [-0.39, 0.29) is 0 Å². The van der Waals surface area contributed by atoms with Gasteiger partial charge in [0.05, 0.1) is 30.2 Å². The van der Waals surface area contributed by atoms with Crippen LogP contribution in [0.5, 0.6) is 11.5 Å². The van der Waals surface area contributed by atoms with Gasteiger partial charge < -0.3 is 9.47 Å². The van der Waals surface area contributed by atoms with E-state index in [2.05, 4.69) is 85.5 Å². The molecule has 2 aromatic heterocycles. The van der Waals surface area contributed by atoms with E-state index < -0.39 is 0 Å². The highest BCUT2D eigenvalue weighted by molar-refractivity contribution is 9.11. The largest absolute Gasteiger partial charge is 0.491 e. The molecule has 0 saturated heterocycles. The predicted octanol–water partition coefficient (Wildman–Crippen LogP) is 12.1. The maximum Gasteiger partial charge on any atom is 0.146 e. The van der Waals surface area contributed by atoms with Gasteiger partial charge in [0.25, 0.3) is 0 Å². The molecule has 202 valence electrons. The fourth-order valence-corrected chi connectivity index (χ4v) is 7.91. The highest BCUT2D eigenvalue weighted by atomic mass is 79.9. The van der Waals surface area contributed by atoms with Crippen LogP contribution in [0.25, 0.3) is 20.2 Å². The van der Waals surface area contributed by atoms with Gasteiger partial charge in [-0.05, 0) is 80.5 Å². The first kappa shape index (κ1) is 30.2. The summed E-state index contributed by atoms with van der Waals surface area (Å²) >= 11 is 11.0. The second kappa shape index (κ2) is 14.7. The molecule has 0 fully saturated rings. The van der Waals surface area contributed by atoms with Gasteiger partial charge >= 0.3 is 0 Å². The van der Waals surface area contributed by atoms with Crippen LogP contribution in [0, 0.1) is 23.7 Å². The molecule has 6 heteroatoms. The van der Waals surface area contributed by atoms with Gasteiger partial charge in [-0.2, -0.15) is 0 Å². The van der Waals surface area contributed by atoms with Gasteiger partial charge in [-0.25, -0.2) is 0 Å². The Kier molecular flexibility index (Phi) is 12.4. The van der Waals surface area contributed by atoms with E-state index in [1.165, 1.54) is 58.7 Å². The lowest BCUT2D eigenvalue weighted by Crippen LogP contribution is -2.06. The van der Waals surface area contributed by atoms with Gasteiger partial charge in [-0.3, -0.25) is 0 Å². The normalized spacial score (nSPS) is 13.8. The van der Waals surface area contributed by atoms with Crippen molar-refractivity contribution < 1.29 is 9.47 Å². The predicted molar refractivity (Wildman–Crippen MR) is 169 cm³/mol. The number of fused-ring (bicyclic) bond motifs is 2. The Bertz CT molecular complexity index is 947. The molecule has 2 nitrogen and oxygen atoms in total. The Labute approximate surface area is 243 Å². The van der Waals surface area contributed by atoms with Crippen LogP contribution in [0.3, 0.4) is 0 Å². The molecule has 0 bridgehead atoms. The van der Waals surface area contributed by atoms with E-state index in [1.807, 2.05) is 0 Å². The van der Waals surface area contributed by atoms with Crippen LogP contribution in [0.15, 0.2) is 19.7 Å². The molecule has 0 spiro atoms. The van der Waals surface area contributed by atoms with Crippen molar-refractivity contribution in [3.8, 4) is 11.5 Å². The Balaban J connectivity index is 1.72. The molecule has 2 heterocycles. The van der Waals surface area contributed by atoms with Crippen molar-refractivity contribution in [2.45, 2.75) is 92.9 Å². The summed E-state index contributed by atoms with van der Waals surface area (Å²) in [6.07, 6.45) is 9.99. The molecular formula is C30H44Br2O2S2. The molecule has 0 saturated carbocycles. The summed E-state index contributed by atoms with van der Waals surface area (Å²) < 4.78 is 17.7. The third kappa shape index (κ3) is 8.88. The maximum absolute atomic E-state index is 6.54.